The molecule has 4 amide bonds. The molecule has 4 aromatic heterocycles. The van der Waals surface area contributed by atoms with Gasteiger partial charge >= 0.3 is 12.2 Å². The van der Waals surface area contributed by atoms with Gasteiger partial charge in [-0.15, -0.1) is 11.3 Å². The van der Waals surface area contributed by atoms with Crippen molar-refractivity contribution in [1.29, 1.82) is 0 Å². The SMILES string of the molecule is COC(=O)NC(C(=O)N1CCCC1c1ncc(-c2ccc3c(c2)OC(c2ccc(C4CC4)s2)n2c-3cc3cc(-c4cnc(C5CC6C(C)C6N5C(=O)C(NC(=O)OC)C(C)C)[nH]4)ccc32)[nH]1)C(C)C. The van der Waals surface area contributed by atoms with Crippen molar-refractivity contribution in [3.63, 3.8) is 0 Å². The topological polar surface area (TPSA) is 189 Å². The average Bonchev–Trinajstić information content (AvgIpc) is 3.86. The smallest absolute Gasteiger partial charge is 0.407 e. The first kappa shape index (κ1) is 44.9. The van der Waals surface area contributed by atoms with E-state index in [1.165, 1.54) is 31.9 Å². The number of alkyl carbamates (subject to hydrolysis) is 2. The Morgan fingerprint density at radius 3 is 2.09 bits per heavy atom. The Hall–Kier alpha value is -6.62. The second-order valence-electron chi connectivity index (χ2n) is 20.1. The summed E-state index contributed by atoms with van der Waals surface area (Å²) in [5.41, 5.74) is 6.63. The van der Waals surface area contributed by atoms with E-state index in [1.807, 2.05) is 61.2 Å². The Morgan fingerprint density at radius 2 is 1.42 bits per heavy atom. The second kappa shape index (κ2) is 17.4. The lowest BCUT2D eigenvalue weighted by atomic mass is 10.0. The number of ether oxygens (including phenoxy) is 3. The Labute approximate surface area is 404 Å². The van der Waals surface area contributed by atoms with Crippen molar-refractivity contribution in [2.24, 2.45) is 23.7 Å². The molecule has 8 unspecified atom stereocenters. The monoisotopic (exact) mass is 953 g/mol. The molecule has 17 heteroatoms. The highest BCUT2D eigenvalue weighted by Crippen LogP contribution is 2.58. The molecule has 7 heterocycles. The number of H-pyrrole nitrogens is 2. The molecule has 16 nitrogen and oxygen atoms in total. The van der Waals surface area contributed by atoms with Crippen LogP contribution in [0.1, 0.15) is 112 Å². The summed E-state index contributed by atoms with van der Waals surface area (Å²) in [5.74, 6) is 3.08. The minimum Gasteiger partial charge on any atom is -0.464 e. The van der Waals surface area contributed by atoms with E-state index in [2.05, 4.69) is 86.7 Å². The number of thiophene rings is 1. The zero-order chi connectivity index (χ0) is 48.0. The molecule has 69 heavy (non-hydrogen) atoms. The molecule has 3 aliphatic heterocycles. The van der Waals surface area contributed by atoms with E-state index in [0.717, 1.165) is 80.4 Å². The number of likely N-dealkylation sites (tertiary alicyclic amines) is 2. The Balaban J connectivity index is 0.895. The number of carbonyl (C=O) groups is 4. The van der Waals surface area contributed by atoms with Gasteiger partial charge in [0.1, 0.15) is 29.5 Å². The van der Waals surface area contributed by atoms with Gasteiger partial charge in [-0.1, -0.05) is 46.8 Å². The number of fused-ring (bicyclic) bond motifs is 6. The molecule has 360 valence electrons. The van der Waals surface area contributed by atoms with E-state index in [4.69, 9.17) is 24.2 Å². The number of carbonyl (C=O) groups excluding carboxylic acids is 4. The van der Waals surface area contributed by atoms with Crippen LogP contribution in [0.2, 0.25) is 0 Å². The first-order valence-electron chi connectivity index (χ1n) is 24.3. The molecule has 2 saturated heterocycles. The van der Waals surface area contributed by atoms with Gasteiger partial charge in [-0.05, 0) is 104 Å². The molecule has 0 spiro atoms. The quantitative estimate of drug-likeness (QED) is 0.0927. The van der Waals surface area contributed by atoms with E-state index in [-0.39, 0.29) is 41.8 Å². The third-order valence-electron chi connectivity index (χ3n) is 15.1. The highest BCUT2D eigenvalue weighted by atomic mass is 32.1. The molecule has 0 radical (unpaired) electrons. The normalized spacial score (nSPS) is 23.3. The van der Waals surface area contributed by atoms with Gasteiger partial charge in [-0.25, -0.2) is 19.6 Å². The minimum atomic E-state index is -0.716. The third-order valence-corrected chi connectivity index (χ3v) is 16.4. The molecule has 5 aliphatic rings. The Bertz CT molecular complexity index is 2980. The zero-order valence-corrected chi connectivity index (χ0v) is 40.8. The number of methoxy groups -OCH3 is 2. The van der Waals surface area contributed by atoms with Gasteiger partial charge in [0.2, 0.25) is 18.0 Å². The predicted molar refractivity (Wildman–Crippen MR) is 260 cm³/mol. The van der Waals surface area contributed by atoms with Crippen molar-refractivity contribution in [1.82, 2.24) is 44.9 Å². The number of piperidine rings is 1. The molecule has 8 atom stereocenters. The predicted octanol–water partition coefficient (Wildman–Crippen LogP) is 9.30. The van der Waals surface area contributed by atoms with Crippen LogP contribution in [0.25, 0.3) is 44.7 Å². The minimum absolute atomic E-state index is 0.109. The summed E-state index contributed by atoms with van der Waals surface area (Å²) in [6.07, 6.45) is 6.86. The summed E-state index contributed by atoms with van der Waals surface area (Å²) in [7, 11) is 2.61. The average molecular weight is 954 g/mol. The molecule has 2 saturated carbocycles. The van der Waals surface area contributed by atoms with E-state index in [9.17, 15) is 19.2 Å². The Morgan fingerprint density at radius 1 is 0.783 bits per heavy atom. The number of nitrogens with zero attached hydrogens (tertiary/aromatic N) is 5. The lowest BCUT2D eigenvalue weighted by Crippen LogP contribution is -2.52. The third kappa shape index (κ3) is 7.91. The maximum atomic E-state index is 14.2. The van der Waals surface area contributed by atoms with Crippen LogP contribution >= 0.6 is 11.3 Å². The fraction of sp³-hybridized carbons (Fsp3) is 0.462. The lowest BCUT2D eigenvalue weighted by molar-refractivity contribution is -0.137. The molecule has 4 fully saturated rings. The second-order valence-corrected chi connectivity index (χ2v) is 21.3. The van der Waals surface area contributed by atoms with Crippen LogP contribution in [0.4, 0.5) is 9.59 Å². The summed E-state index contributed by atoms with van der Waals surface area (Å²) in [4.78, 5) is 75.6. The fourth-order valence-corrected chi connectivity index (χ4v) is 12.3. The molecular weight excluding hydrogens is 895 g/mol. The maximum absolute atomic E-state index is 14.2. The van der Waals surface area contributed by atoms with Gasteiger partial charge in [0.25, 0.3) is 0 Å². The van der Waals surface area contributed by atoms with Crippen molar-refractivity contribution < 1.29 is 33.4 Å². The number of aromatic nitrogens is 5. The van der Waals surface area contributed by atoms with Crippen molar-refractivity contribution in [3.05, 3.63) is 88.4 Å². The molecule has 2 aromatic carbocycles. The van der Waals surface area contributed by atoms with E-state index in [0.29, 0.717) is 30.1 Å². The zero-order valence-electron chi connectivity index (χ0n) is 39.9. The highest BCUT2D eigenvalue weighted by Gasteiger charge is 2.61. The summed E-state index contributed by atoms with van der Waals surface area (Å²) in [6, 6.07) is 17.6. The van der Waals surface area contributed by atoms with Crippen LogP contribution in [0.5, 0.6) is 5.75 Å². The first-order chi connectivity index (χ1) is 33.3. The van der Waals surface area contributed by atoms with Gasteiger partial charge < -0.3 is 44.6 Å². The van der Waals surface area contributed by atoms with Crippen LogP contribution in [0.15, 0.2) is 67.0 Å². The number of imidazole rings is 2. The number of benzene rings is 2. The fourth-order valence-electron chi connectivity index (χ4n) is 11.1. The van der Waals surface area contributed by atoms with Gasteiger partial charge in [0.15, 0.2) is 0 Å². The van der Waals surface area contributed by atoms with Crippen LogP contribution in [0.3, 0.4) is 0 Å². The number of nitrogens with one attached hydrogen (secondary N) is 4. The lowest BCUT2D eigenvalue weighted by Gasteiger charge is -2.32. The van der Waals surface area contributed by atoms with E-state index >= 15 is 0 Å². The number of hydrogen-bond acceptors (Lipinski definition) is 10. The maximum Gasteiger partial charge on any atom is 0.407 e. The van der Waals surface area contributed by atoms with Crippen LogP contribution in [-0.2, 0) is 19.1 Å². The Kier molecular flexibility index (Phi) is 11.3. The number of rotatable bonds is 12. The van der Waals surface area contributed by atoms with Gasteiger partial charge in [-0.2, -0.15) is 0 Å². The van der Waals surface area contributed by atoms with Crippen LogP contribution in [0, 0.1) is 23.7 Å². The molecule has 11 rings (SSSR count). The van der Waals surface area contributed by atoms with Crippen molar-refractivity contribution in [2.45, 2.75) is 109 Å². The number of aromatic amines is 2. The number of amides is 4. The van der Waals surface area contributed by atoms with Crippen LogP contribution in [-0.4, -0.2) is 97.2 Å². The molecule has 4 N–H and O–H groups in total. The van der Waals surface area contributed by atoms with Gasteiger partial charge in [0, 0.05) is 39.5 Å². The molecule has 6 aromatic rings. The molecule has 0 bridgehead atoms. The van der Waals surface area contributed by atoms with Crippen LogP contribution < -0.4 is 15.4 Å². The summed E-state index contributed by atoms with van der Waals surface area (Å²) in [6.45, 7) is 10.4. The number of hydrogen-bond donors (Lipinski definition) is 4. The van der Waals surface area contributed by atoms with Gasteiger partial charge in [0.05, 0.1) is 66.2 Å². The van der Waals surface area contributed by atoms with E-state index < -0.39 is 30.5 Å². The summed E-state index contributed by atoms with van der Waals surface area (Å²) in [5, 5.41) is 6.57. The molecular formula is C52H59N9O7S. The highest BCUT2D eigenvalue weighted by molar-refractivity contribution is 7.12. The van der Waals surface area contributed by atoms with E-state index in [1.54, 1.807) is 0 Å². The van der Waals surface area contributed by atoms with Crippen molar-refractivity contribution in [2.75, 3.05) is 20.8 Å². The van der Waals surface area contributed by atoms with Crippen molar-refractivity contribution >= 4 is 46.2 Å². The summed E-state index contributed by atoms with van der Waals surface area (Å²) >= 11 is 1.82. The standard InChI is InChI=1S/C52H59N9O7S/c1-25(2)43(57-51(64)66-6)48(62)59-18-8-9-37(59)46-53-24-35(55-46)30-12-14-32-38-20-31-19-29(13-15-36(31)60(38)50(68-40(32)21-30)42-17-16-41(69-42)28-10-11-28)34-23-54-47(56-34)39-22-33-27(5)45(33)61(39)49(63)44(26(3)4)58-52(65)67-7/h12-17,19-21,23-28,33,37,39,43-45,50H,8-11,18,22H2,1-7H3,(H,53,55)(H,54,56)(H,57,64)(H,58,65). The first-order valence-corrected chi connectivity index (χ1v) is 25.1. The molecule has 2 aliphatic carbocycles. The largest absolute Gasteiger partial charge is 0.464 e. The van der Waals surface area contributed by atoms with Crippen molar-refractivity contribution in [3.8, 4) is 39.5 Å². The summed E-state index contributed by atoms with van der Waals surface area (Å²) < 4.78 is 19.1. The van der Waals surface area contributed by atoms with Gasteiger partial charge in [-0.3, -0.25) is 14.2 Å².